The summed E-state index contributed by atoms with van der Waals surface area (Å²) in [6.45, 7) is 7.35. The van der Waals surface area contributed by atoms with Crippen molar-refractivity contribution in [2.45, 2.75) is 12.8 Å². The third kappa shape index (κ3) is 4.59. The van der Waals surface area contributed by atoms with Gasteiger partial charge < -0.3 is 15.5 Å². The Balaban J connectivity index is 1.31. The predicted octanol–water partition coefficient (Wildman–Crippen LogP) is 2.15. The van der Waals surface area contributed by atoms with Crippen molar-refractivity contribution in [3.63, 3.8) is 0 Å². The number of rotatable bonds is 4. The Kier molecular flexibility index (Phi) is 5.59. The third-order valence-corrected chi connectivity index (χ3v) is 5.60. The average Bonchev–Trinajstić information content (AvgIpc) is 2.69. The molecule has 0 saturated carbocycles. The Morgan fingerprint density at radius 3 is 2.63 bits per heavy atom. The molecule has 1 unspecified atom stereocenters. The standard InChI is InChI=1S/C19H26ClN7/c20-16-12-18(24-19(21)23-16)27-7-3-4-15(14-27)13-25-8-10-26(11-9-25)17-5-1-2-6-22-17/h1-2,5-6,12,15H,3-4,7-11,13-14H2,(H2,21,23,24). The molecule has 0 amide bonds. The van der Waals surface area contributed by atoms with Gasteiger partial charge in [-0.15, -0.1) is 0 Å². The molecule has 2 saturated heterocycles. The van der Waals surface area contributed by atoms with Gasteiger partial charge >= 0.3 is 0 Å². The third-order valence-electron chi connectivity index (χ3n) is 5.40. The molecule has 0 radical (unpaired) electrons. The molecule has 1 atom stereocenters. The molecule has 0 bridgehead atoms. The molecular weight excluding hydrogens is 362 g/mol. The molecule has 4 rings (SSSR count). The number of pyridine rings is 1. The number of nitrogens with zero attached hydrogens (tertiary/aromatic N) is 6. The zero-order chi connectivity index (χ0) is 18.6. The minimum absolute atomic E-state index is 0.241. The van der Waals surface area contributed by atoms with Gasteiger partial charge in [0.05, 0.1) is 0 Å². The van der Waals surface area contributed by atoms with Crippen LogP contribution in [-0.4, -0.2) is 65.7 Å². The van der Waals surface area contributed by atoms with Gasteiger partial charge in [-0.3, -0.25) is 4.90 Å². The van der Waals surface area contributed by atoms with E-state index in [1.807, 2.05) is 18.3 Å². The van der Waals surface area contributed by atoms with Gasteiger partial charge in [0.15, 0.2) is 0 Å². The van der Waals surface area contributed by atoms with Gasteiger partial charge in [0.2, 0.25) is 5.95 Å². The van der Waals surface area contributed by atoms with Crippen molar-refractivity contribution in [3.05, 3.63) is 35.6 Å². The summed E-state index contributed by atoms with van der Waals surface area (Å²) in [5, 5.41) is 0.408. The zero-order valence-electron chi connectivity index (χ0n) is 15.5. The van der Waals surface area contributed by atoms with E-state index in [0.29, 0.717) is 11.1 Å². The second-order valence-electron chi connectivity index (χ2n) is 7.34. The van der Waals surface area contributed by atoms with Crippen molar-refractivity contribution >= 4 is 29.2 Å². The summed E-state index contributed by atoms with van der Waals surface area (Å²) in [5.41, 5.74) is 5.76. The van der Waals surface area contributed by atoms with E-state index in [4.69, 9.17) is 17.3 Å². The Labute approximate surface area is 165 Å². The number of nitrogen functional groups attached to an aromatic ring is 1. The number of halogens is 1. The van der Waals surface area contributed by atoms with Gasteiger partial charge in [-0.25, -0.2) is 9.97 Å². The van der Waals surface area contributed by atoms with E-state index < -0.39 is 0 Å². The maximum atomic E-state index is 6.05. The lowest BCUT2D eigenvalue weighted by Gasteiger charge is -2.40. The molecule has 27 heavy (non-hydrogen) atoms. The largest absolute Gasteiger partial charge is 0.368 e. The smallest absolute Gasteiger partial charge is 0.223 e. The fourth-order valence-electron chi connectivity index (χ4n) is 4.07. The minimum atomic E-state index is 0.241. The molecule has 2 aromatic heterocycles. The summed E-state index contributed by atoms with van der Waals surface area (Å²) < 4.78 is 0. The normalized spacial score (nSPS) is 21.4. The number of hydrogen-bond acceptors (Lipinski definition) is 7. The maximum Gasteiger partial charge on any atom is 0.223 e. The first-order valence-corrected chi connectivity index (χ1v) is 9.98. The van der Waals surface area contributed by atoms with Crippen LogP contribution in [0.2, 0.25) is 5.15 Å². The summed E-state index contributed by atoms with van der Waals surface area (Å²) in [6, 6.07) is 7.92. The fourth-order valence-corrected chi connectivity index (χ4v) is 4.26. The molecule has 2 N–H and O–H groups in total. The Morgan fingerprint density at radius 2 is 1.89 bits per heavy atom. The summed E-state index contributed by atoms with van der Waals surface area (Å²) in [5.74, 6) is 2.80. The quantitative estimate of drug-likeness (QED) is 0.805. The van der Waals surface area contributed by atoms with Crippen molar-refractivity contribution in [2.24, 2.45) is 5.92 Å². The highest BCUT2D eigenvalue weighted by molar-refractivity contribution is 6.29. The van der Waals surface area contributed by atoms with Crippen molar-refractivity contribution < 1.29 is 0 Å². The van der Waals surface area contributed by atoms with E-state index >= 15 is 0 Å². The van der Waals surface area contributed by atoms with E-state index in [2.05, 4.69) is 41.8 Å². The molecule has 2 aromatic rings. The molecule has 7 nitrogen and oxygen atoms in total. The first kappa shape index (κ1) is 18.3. The van der Waals surface area contributed by atoms with Crippen LogP contribution in [0.5, 0.6) is 0 Å². The van der Waals surface area contributed by atoms with E-state index in [1.54, 1.807) is 0 Å². The second kappa shape index (κ2) is 8.27. The van der Waals surface area contributed by atoms with Gasteiger partial charge in [-0.05, 0) is 30.9 Å². The Hall–Kier alpha value is -2.12. The van der Waals surface area contributed by atoms with Gasteiger partial charge in [0.1, 0.15) is 16.8 Å². The number of nitrogens with two attached hydrogens (primary N) is 1. The molecule has 2 aliphatic heterocycles. The van der Waals surface area contributed by atoms with Crippen molar-refractivity contribution in [2.75, 3.05) is 61.3 Å². The van der Waals surface area contributed by atoms with E-state index in [1.165, 1.54) is 12.8 Å². The van der Waals surface area contributed by atoms with E-state index in [0.717, 1.165) is 57.4 Å². The van der Waals surface area contributed by atoms with E-state index in [-0.39, 0.29) is 5.95 Å². The first-order valence-electron chi connectivity index (χ1n) is 9.61. The second-order valence-corrected chi connectivity index (χ2v) is 7.72. The molecule has 2 fully saturated rings. The van der Waals surface area contributed by atoms with Crippen molar-refractivity contribution in [1.82, 2.24) is 19.9 Å². The lowest BCUT2D eigenvalue weighted by Crippen LogP contribution is -2.50. The van der Waals surface area contributed by atoms with Crippen molar-refractivity contribution in [1.29, 1.82) is 0 Å². The van der Waals surface area contributed by atoms with Gasteiger partial charge in [-0.2, -0.15) is 4.98 Å². The van der Waals surface area contributed by atoms with E-state index in [9.17, 15) is 0 Å². The topological polar surface area (TPSA) is 74.4 Å². The molecule has 144 valence electrons. The van der Waals surface area contributed by atoms with Crippen LogP contribution in [0.15, 0.2) is 30.5 Å². The number of hydrogen-bond donors (Lipinski definition) is 1. The highest BCUT2D eigenvalue weighted by Crippen LogP contribution is 2.25. The van der Waals surface area contributed by atoms with Crippen molar-refractivity contribution in [3.8, 4) is 0 Å². The molecule has 8 heteroatoms. The molecule has 0 aliphatic carbocycles. The lowest BCUT2D eigenvalue weighted by atomic mass is 9.97. The highest BCUT2D eigenvalue weighted by Gasteiger charge is 2.25. The minimum Gasteiger partial charge on any atom is -0.368 e. The zero-order valence-corrected chi connectivity index (χ0v) is 16.2. The fraction of sp³-hybridized carbons (Fsp3) is 0.526. The van der Waals surface area contributed by atoms with Crippen LogP contribution in [0, 0.1) is 5.92 Å². The number of piperidine rings is 1. The Morgan fingerprint density at radius 1 is 1.04 bits per heavy atom. The van der Waals surface area contributed by atoms with Crippen LogP contribution >= 0.6 is 11.6 Å². The van der Waals surface area contributed by atoms with Gasteiger partial charge in [0, 0.05) is 58.1 Å². The maximum absolute atomic E-state index is 6.05. The molecule has 2 aliphatic rings. The lowest BCUT2D eigenvalue weighted by molar-refractivity contribution is 0.205. The molecule has 4 heterocycles. The highest BCUT2D eigenvalue weighted by atomic mass is 35.5. The van der Waals surface area contributed by atoms with Gasteiger partial charge in [-0.1, -0.05) is 17.7 Å². The predicted molar refractivity (Wildman–Crippen MR) is 109 cm³/mol. The molecular formula is C19H26ClN7. The number of aromatic nitrogens is 3. The first-order chi connectivity index (χ1) is 13.2. The summed E-state index contributed by atoms with van der Waals surface area (Å²) in [4.78, 5) is 20.0. The van der Waals surface area contributed by atoms with Crippen LogP contribution in [0.1, 0.15) is 12.8 Å². The van der Waals surface area contributed by atoms with Crippen LogP contribution in [-0.2, 0) is 0 Å². The van der Waals surface area contributed by atoms with Crippen LogP contribution < -0.4 is 15.5 Å². The van der Waals surface area contributed by atoms with Crippen LogP contribution in [0.4, 0.5) is 17.6 Å². The molecule has 0 spiro atoms. The van der Waals surface area contributed by atoms with Crippen LogP contribution in [0.25, 0.3) is 0 Å². The average molecular weight is 388 g/mol. The van der Waals surface area contributed by atoms with Crippen LogP contribution in [0.3, 0.4) is 0 Å². The SMILES string of the molecule is Nc1nc(Cl)cc(N2CCCC(CN3CCN(c4ccccn4)CC3)C2)n1. The number of anilines is 3. The monoisotopic (exact) mass is 387 g/mol. The Bertz CT molecular complexity index is 729. The summed E-state index contributed by atoms with van der Waals surface area (Å²) in [7, 11) is 0. The van der Waals surface area contributed by atoms with Gasteiger partial charge in [0.25, 0.3) is 0 Å². The summed E-state index contributed by atoms with van der Waals surface area (Å²) >= 11 is 6.05. The summed E-state index contributed by atoms with van der Waals surface area (Å²) in [6.07, 6.45) is 4.29. The molecule has 0 aromatic carbocycles. The number of piperazine rings is 1.